The smallest absolute Gasteiger partial charge is 0.335 e. The third-order valence-corrected chi connectivity index (χ3v) is 6.56. The predicted molar refractivity (Wildman–Crippen MR) is 137 cm³/mol. The fourth-order valence-corrected chi connectivity index (χ4v) is 4.81. The second-order valence-electron chi connectivity index (χ2n) is 9.14. The Morgan fingerprint density at radius 3 is 2.42 bits per heavy atom. The van der Waals surface area contributed by atoms with Crippen molar-refractivity contribution in [3.63, 3.8) is 0 Å². The van der Waals surface area contributed by atoms with Gasteiger partial charge >= 0.3 is 5.97 Å². The van der Waals surface area contributed by atoms with E-state index in [0.717, 1.165) is 64.1 Å². The number of aromatic carboxylic acids is 1. The molecule has 0 aliphatic heterocycles. The first-order valence-electron chi connectivity index (χ1n) is 12.1. The van der Waals surface area contributed by atoms with Gasteiger partial charge in [0, 0.05) is 12.0 Å². The second-order valence-corrected chi connectivity index (χ2v) is 9.14. The van der Waals surface area contributed by atoms with Crippen LogP contribution in [-0.2, 0) is 25.9 Å². The average Bonchev–Trinajstić information content (AvgIpc) is 3.37. The summed E-state index contributed by atoms with van der Waals surface area (Å²) in [6.45, 7) is 2.32. The van der Waals surface area contributed by atoms with Crippen molar-refractivity contribution in [1.29, 1.82) is 0 Å². The van der Waals surface area contributed by atoms with Crippen LogP contribution in [0.3, 0.4) is 0 Å². The largest absolute Gasteiger partial charge is 0.489 e. The Morgan fingerprint density at radius 1 is 0.917 bits per heavy atom. The molecule has 5 rings (SSSR count). The molecule has 0 saturated carbocycles. The molecule has 0 unspecified atom stereocenters. The van der Waals surface area contributed by atoms with E-state index in [4.69, 9.17) is 9.47 Å². The summed E-state index contributed by atoms with van der Waals surface area (Å²) in [4.78, 5) is 11.7. The van der Waals surface area contributed by atoms with Crippen molar-refractivity contribution in [1.82, 2.24) is 0 Å². The van der Waals surface area contributed by atoms with E-state index >= 15 is 0 Å². The summed E-state index contributed by atoms with van der Waals surface area (Å²) in [5.74, 6) is 0.950. The summed E-state index contributed by atoms with van der Waals surface area (Å²) >= 11 is 0. The number of aryl methyl sites for hydroxylation is 1. The zero-order valence-corrected chi connectivity index (χ0v) is 20.1. The van der Waals surface area contributed by atoms with Crippen LogP contribution in [0.25, 0.3) is 0 Å². The highest BCUT2D eigenvalue weighted by atomic mass is 19.1. The Bertz CT molecular complexity index is 1390. The van der Waals surface area contributed by atoms with Crippen LogP contribution >= 0.6 is 0 Å². The lowest BCUT2D eigenvalue weighted by atomic mass is 9.98. The molecule has 1 N–H and O–H groups in total. The monoisotopic (exact) mass is 482 g/mol. The third-order valence-electron chi connectivity index (χ3n) is 6.56. The third kappa shape index (κ3) is 5.10. The minimum atomic E-state index is -0.899. The maximum Gasteiger partial charge on any atom is 0.335 e. The number of carboxylic acids is 1. The number of benzene rings is 4. The van der Waals surface area contributed by atoms with Gasteiger partial charge in [-0.25, -0.2) is 9.18 Å². The van der Waals surface area contributed by atoms with E-state index in [1.165, 1.54) is 12.1 Å². The quantitative estimate of drug-likeness (QED) is 0.287. The van der Waals surface area contributed by atoms with Gasteiger partial charge in [-0.1, -0.05) is 42.5 Å². The van der Waals surface area contributed by atoms with Crippen molar-refractivity contribution in [2.75, 3.05) is 0 Å². The lowest BCUT2D eigenvalue weighted by Gasteiger charge is -2.18. The van der Waals surface area contributed by atoms with Gasteiger partial charge in [-0.15, -0.1) is 0 Å². The standard InChI is InChI=1S/C31H27FO4/c1-20-16-28(31(33)34)26-8-5-9-27(26)30(20)36-25-14-15-29(35-19-22-6-3-2-4-7-22)23(18-25)17-21-10-12-24(32)13-11-21/h2-4,6-7,10-16,18H,5,8-9,17,19H2,1H3,(H,33,34). The Labute approximate surface area is 209 Å². The van der Waals surface area contributed by atoms with Gasteiger partial charge in [-0.3, -0.25) is 0 Å². The molecule has 0 aromatic heterocycles. The van der Waals surface area contributed by atoms with E-state index in [2.05, 4.69) is 0 Å². The molecule has 0 spiro atoms. The van der Waals surface area contributed by atoms with Crippen molar-refractivity contribution < 1.29 is 23.8 Å². The van der Waals surface area contributed by atoms with Crippen molar-refractivity contribution >= 4 is 5.97 Å². The van der Waals surface area contributed by atoms with Gasteiger partial charge in [0.25, 0.3) is 0 Å². The number of rotatable bonds is 8. The molecule has 0 atom stereocenters. The molecule has 1 aliphatic rings. The van der Waals surface area contributed by atoms with Crippen LogP contribution in [0.15, 0.2) is 78.9 Å². The number of carbonyl (C=O) groups is 1. The molecule has 182 valence electrons. The summed E-state index contributed by atoms with van der Waals surface area (Å²) in [5, 5.41) is 9.63. The Balaban J connectivity index is 1.47. The summed E-state index contributed by atoms with van der Waals surface area (Å²) in [7, 11) is 0. The van der Waals surface area contributed by atoms with E-state index in [-0.39, 0.29) is 5.82 Å². The minimum absolute atomic E-state index is 0.273. The highest BCUT2D eigenvalue weighted by Gasteiger charge is 2.25. The molecule has 0 amide bonds. The number of halogens is 1. The maximum absolute atomic E-state index is 13.5. The Kier molecular flexibility index (Phi) is 6.72. The van der Waals surface area contributed by atoms with Crippen LogP contribution in [0.1, 0.15) is 50.2 Å². The number of ether oxygens (including phenoxy) is 2. The molecule has 4 nitrogen and oxygen atoms in total. The molecule has 36 heavy (non-hydrogen) atoms. The van der Waals surface area contributed by atoms with Crippen LogP contribution < -0.4 is 9.47 Å². The zero-order valence-electron chi connectivity index (χ0n) is 20.1. The number of hydrogen-bond donors (Lipinski definition) is 1. The molecule has 0 bridgehead atoms. The van der Waals surface area contributed by atoms with Gasteiger partial charge in [0.1, 0.15) is 29.7 Å². The van der Waals surface area contributed by atoms with Crippen LogP contribution in [0.5, 0.6) is 17.2 Å². The maximum atomic E-state index is 13.5. The van der Waals surface area contributed by atoms with Crippen LogP contribution in [-0.4, -0.2) is 11.1 Å². The molecule has 1 aliphatic carbocycles. The fourth-order valence-electron chi connectivity index (χ4n) is 4.81. The normalized spacial score (nSPS) is 12.3. The van der Waals surface area contributed by atoms with Crippen LogP contribution in [0.4, 0.5) is 4.39 Å². The SMILES string of the molecule is Cc1cc(C(=O)O)c2c(c1Oc1ccc(OCc3ccccc3)c(Cc3ccc(F)cc3)c1)CCC2. The molecule has 4 aromatic rings. The first kappa shape index (κ1) is 23.6. The molecule has 0 radical (unpaired) electrons. The summed E-state index contributed by atoms with van der Waals surface area (Å²) in [6.07, 6.45) is 3.01. The second kappa shape index (κ2) is 10.2. The summed E-state index contributed by atoms with van der Waals surface area (Å²) in [6, 6.07) is 23.8. The first-order valence-corrected chi connectivity index (χ1v) is 12.1. The molecule has 5 heteroatoms. The number of fused-ring (bicyclic) bond motifs is 1. The van der Waals surface area contributed by atoms with Crippen LogP contribution in [0.2, 0.25) is 0 Å². The van der Waals surface area contributed by atoms with E-state index in [1.807, 2.05) is 55.5 Å². The lowest BCUT2D eigenvalue weighted by molar-refractivity contribution is 0.0695. The lowest BCUT2D eigenvalue weighted by Crippen LogP contribution is -2.05. The number of carboxylic acid groups (broad SMARTS) is 1. The first-order chi connectivity index (χ1) is 17.5. The Morgan fingerprint density at radius 2 is 1.67 bits per heavy atom. The summed E-state index contributed by atoms with van der Waals surface area (Å²) < 4.78 is 26.0. The highest BCUT2D eigenvalue weighted by Crippen LogP contribution is 2.39. The van der Waals surface area contributed by atoms with Crippen molar-refractivity contribution in [3.8, 4) is 17.2 Å². The molecule has 0 heterocycles. The fraction of sp³-hybridized carbons (Fsp3) is 0.194. The molecule has 4 aromatic carbocycles. The average molecular weight is 483 g/mol. The Hall–Kier alpha value is -4.12. The van der Waals surface area contributed by atoms with Crippen molar-refractivity contribution in [3.05, 3.63) is 124 Å². The van der Waals surface area contributed by atoms with E-state index in [9.17, 15) is 14.3 Å². The molecular weight excluding hydrogens is 455 g/mol. The molecule has 0 fully saturated rings. The van der Waals surface area contributed by atoms with Gasteiger partial charge in [0.15, 0.2) is 0 Å². The van der Waals surface area contributed by atoms with Gasteiger partial charge < -0.3 is 14.6 Å². The molecule has 0 saturated heterocycles. The summed E-state index contributed by atoms with van der Waals surface area (Å²) in [5.41, 5.74) is 5.98. The zero-order chi connectivity index (χ0) is 25.1. The van der Waals surface area contributed by atoms with Gasteiger partial charge in [-0.05, 0) is 90.4 Å². The number of hydrogen-bond acceptors (Lipinski definition) is 3. The van der Waals surface area contributed by atoms with E-state index < -0.39 is 5.97 Å². The predicted octanol–water partition coefficient (Wildman–Crippen LogP) is 7.28. The van der Waals surface area contributed by atoms with Gasteiger partial charge in [-0.2, -0.15) is 0 Å². The van der Waals surface area contributed by atoms with Gasteiger partial charge in [0.2, 0.25) is 0 Å². The van der Waals surface area contributed by atoms with E-state index in [0.29, 0.717) is 24.3 Å². The highest BCUT2D eigenvalue weighted by molar-refractivity contribution is 5.91. The van der Waals surface area contributed by atoms with E-state index in [1.54, 1.807) is 18.2 Å². The minimum Gasteiger partial charge on any atom is -0.489 e. The van der Waals surface area contributed by atoms with Gasteiger partial charge in [0.05, 0.1) is 5.56 Å². The topological polar surface area (TPSA) is 55.8 Å². The van der Waals surface area contributed by atoms with Crippen molar-refractivity contribution in [2.45, 2.75) is 39.2 Å². The van der Waals surface area contributed by atoms with Crippen LogP contribution in [0, 0.1) is 12.7 Å². The van der Waals surface area contributed by atoms with Crippen molar-refractivity contribution in [2.24, 2.45) is 0 Å². The molecular formula is C31H27FO4.